The van der Waals surface area contributed by atoms with Crippen molar-refractivity contribution < 1.29 is 9.84 Å². The Morgan fingerprint density at radius 2 is 1.75 bits per heavy atom. The van der Waals surface area contributed by atoms with Crippen molar-refractivity contribution >= 4 is 0 Å². The van der Waals surface area contributed by atoms with Gasteiger partial charge in [0.2, 0.25) is 0 Å². The molecule has 0 aliphatic carbocycles. The maximum atomic E-state index is 9.82. The van der Waals surface area contributed by atoms with Gasteiger partial charge in [-0.15, -0.1) is 0 Å². The summed E-state index contributed by atoms with van der Waals surface area (Å²) in [5.41, 5.74) is 2.35. The molecule has 0 spiro atoms. The first kappa shape index (κ1) is 13.2. The Kier molecular flexibility index (Phi) is 4.51. The molecule has 0 aromatic heterocycles. The van der Waals surface area contributed by atoms with Crippen LogP contribution in [0.15, 0.2) is 24.3 Å². The third-order valence-corrected chi connectivity index (χ3v) is 2.64. The number of hydrogen-bond donors (Lipinski definition) is 1. The summed E-state index contributed by atoms with van der Waals surface area (Å²) in [5.74, 6) is 0. The quantitative estimate of drug-likeness (QED) is 0.848. The summed E-state index contributed by atoms with van der Waals surface area (Å²) in [6.07, 6.45) is -0.519. The van der Waals surface area contributed by atoms with Crippen LogP contribution >= 0.6 is 0 Å². The Hall–Kier alpha value is -0.860. The van der Waals surface area contributed by atoms with Gasteiger partial charge in [-0.3, -0.25) is 0 Å². The molecule has 1 aromatic rings. The van der Waals surface area contributed by atoms with Crippen molar-refractivity contribution in [2.75, 3.05) is 13.2 Å². The van der Waals surface area contributed by atoms with Gasteiger partial charge in [0.1, 0.15) is 6.10 Å². The Bertz CT molecular complexity index is 309. The number of benzene rings is 1. The van der Waals surface area contributed by atoms with E-state index in [0.717, 1.165) is 5.56 Å². The lowest BCUT2D eigenvalue weighted by atomic mass is 9.86. The van der Waals surface area contributed by atoms with Crippen LogP contribution in [0.25, 0.3) is 0 Å². The molecular weight excluding hydrogens is 200 g/mol. The molecule has 16 heavy (non-hydrogen) atoms. The molecule has 0 saturated heterocycles. The summed E-state index contributed by atoms with van der Waals surface area (Å²) in [6.45, 7) is 9.47. The first-order chi connectivity index (χ1) is 7.45. The van der Waals surface area contributed by atoms with Gasteiger partial charge in [-0.1, -0.05) is 45.0 Å². The van der Waals surface area contributed by atoms with Gasteiger partial charge >= 0.3 is 0 Å². The molecule has 0 bridgehead atoms. The van der Waals surface area contributed by atoms with Gasteiger partial charge in [0.15, 0.2) is 0 Å². The molecule has 1 N–H and O–H groups in total. The molecule has 0 aliphatic heterocycles. The Labute approximate surface area is 98.3 Å². The molecule has 2 heteroatoms. The molecule has 0 aliphatic rings. The highest BCUT2D eigenvalue weighted by molar-refractivity contribution is 5.28. The van der Waals surface area contributed by atoms with E-state index in [4.69, 9.17) is 4.74 Å². The number of aliphatic hydroxyl groups excluding tert-OH is 1. The Morgan fingerprint density at radius 1 is 1.19 bits per heavy atom. The van der Waals surface area contributed by atoms with E-state index in [2.05, 4.69) is 32.9 Å². The molecule has 1 atom stereocenters. The van der Waals surface area contributed by atoms with E-state index in [0.29, 0.717) is 13.2 Å². The number of hydrogen-bond acceptors (Lipinski definition) is 2. The normalized spacial score (nSPS) is 13.8. The molecule has 2 nitrogen and oxygen atoms in total. The topological polar surface area (TPSA) is 29.5 Å². The van der Waals surface area contributed by atoms with E-state index >= 15 is 0 Å². The SMILES string of the molecule is CCOCC(O)c1ccc(C(C)(C)C)cc1. The lowest BCUT2D eigenvalue weighted by molar-refractivity contribution is 0.0420. The van der Waals surface area contributed by atoms with Crippen molar-refractivity contribution in [3.8, 4) is 0 Å². The fourth-order valence-corrected chi connectivity index (χ4v) is 1.53. The molecule has 0 saturated carbocycles. The van der Waals surface area contributed by atoms with E-state index in [1.54, 1.807) is 0 Å². The predicted molar refractivity (Wildman–Crippen MR) is 66.6 cm³/mol. The van der Waals surface area contributed by atoms with E-state index in [1.807, 2.05) is 19.1 Å². The molecular formula is C14H22O2. The van der Waals surface area contributed by atoms with Crippen molar-refractivity contribution in [1.82, 2.24) is 0 Å². The maximum Gasteiger partial charge on any atom is 0.102 e. The summed E-state index contributed by atoms with van der Waals surface area (Å²) in [7, 11) is 0. The molecule has 0 heterocycles. The second kappa shape index (κ2) is 5.46. The van der Waals surface area contributed by atoms with Crippen LogP contribution < -0.4 is 0 Å². The van der Waals surface area contributed by atoms with Crippen molar-refractivity contribution in [2.45, 2.75) is 39.2 Å². The van der Waals surface area contributed by atoms with E-state index < -0.39 is 6.10 Å². The molecule has 1 rings (SSSR count). The van der Waals surface area contributed by atoms with Gasteiger partial charge in [-0.25, -0.2) is 0 Å². The lowest BCUT2D eigenvalue weighted by Gasteiger charge is -2.20. The van der Waals surface area contributed by atoms with Gasteiger partial charge < -0.3 is 9.84 Å². The molecule has 0 radical (unpaired) electrons. The zero-order valence-corrected chi connectivity index (χ0v) is 10.7. The van der Waals surface area contributed by atoms with Crippen LogP contribution in [-0.2, 0) is 10.2 Å². The highest BCUT2D eigenvalue weighted by Crippen LogP contribution is 2.23. The standard InChI is InChI=1S/C14H22O2/c1-5-16-10-13(15)11-6-8-12(9-7-11)14(2,3)4/h6-9,13,15H,5,10H2,1-4H3. The lowest BCUT2D eigenvalue weighted by Crippen LogP contribution is -2.12. The van der Waals surface area contributed by atoms with Crippen LogP contribution in [0.1, 0.15) is 44.9 Å². The fourth-order valence-electron chi connectivity index (χ4n) is 1.53. The number of aliphatic hydroxyl groups is 1. The van der Waals surface area contributed by atoms with Gasteiger partial charge in [0.25, 0.3) is 0 Å². The minimum absolute atomic E-state index is 0.156. The van der Waals surface area contributed by atoms with Crippen molar-refractivity contribution in [2.24, 2.45) is 0 Å². The van der Waals surface area contributed by atoms with Crippen LogP contribution in [0.4, 0.5) is 0 Å². The molecule has 0 amide bonds. The van der Waals surface area contributed by atoms with Crippen molar-refractivity contribution in [3.63, 3.8) is 0 Å². The molecule has 90 valence electrons. The van der Waals surface area contributed by atoms with Crippen LogP contribution in [0, 0.1) is 0 Å². The minimum Gasteiger partial charge on any atom is -0.386 e. The Morgan fingerprint density at radius 3 is 2.19 bits per heavy atom. The third-order valence-electron chi connectivity index (χ3n) is 2.64. The highest BCUT2D eigenvalue weighted by atomic mass is 16.5. The zero-order valence-electron chi connectivity index (χ0n) is 10.7. The number of rotatable bonds is 4. The minimum atomic E-state index is -0.519. The largest absolute Gasteiger partial charge is 0.386 e. The number of ether oxygens (including phenoxy) is 1. The van der Waals surface area contributed by atoms with Gasteiger partial charge in [-0.05, 0) is 23.5 Å². The predicted octanol–water partition coefficient (Wildman–Crippen LogP) is 3.05. The summed E-state index contributed by atoms with van der Waals surface area (Å²) >= 11 is 0. The summed E-state index contributed by atoms with van der Waals surface area (Å²) in [5, 5.41) is 9.82. The van der Waals surface area contributed by atoms with E-state index in [9.17, 15) is 5.11 Å². The van der Waals surface area contributed by atoms with E-state index in [1.165, 1.54) is 5.56 Å². The molecule has 1 unspecified atom stereocenters. The highest BCUT2D eigenvalue weighted by Gasteiger charge is 2.14. The van der Waals surface area contributed by atoms with Crippen LogP contribution in [0.2, 0.25) is 0 Å². The smallest absolute Gasteiger partial charge is 0.102 e. The van der Waals surface area contributed by atoms with Crippen LogP contribution in [0.3, 0.4) is 0 Å². The Balaban J connectivity index is 2.71. The second-order valence-electron chi connectivity index (χ2n) is 5.05. The van der Waals surface area contributed by atoms with Crippen molar-refractivity contribution in [3.05, 3.63) is 35.4 Å². The van der Waals surface area contributed by atoms with Crippen molar-refractivity contribution in [1.29, 1.82) is 0 Å². The molecule has 1 aromatic carbocycles. The van der Waals surface area contributed by atoms with Crippen LogP contribution in [0.5, 0.6) is 0 Å². The van der Waals surface area contributed by atoms with Gasteiger partial charge in [0.05, 0.1) is 6.61 Å². The van der Waals surface area contributed by atoms with E-state index in [-0.39, 0.29) is 5.41 Å². The average Bonchev–Trinajstić information content (AvgIpc) is 2.25. The van der Waals surface area contributed by atoms with Gasteiger partial charge in [0, 0.05) is 6.61 Å². The summed E-state index contributed by atoms with van der Waals surface area (Å²) < 4.78 is 5.20. The second-order valence-corrected chi connectivity index (χ2v) is 5.05. The van der Waals surface area contributed by atoms with Gasteiger partial charge in [-0.2, -0.15) is 0 Å². The fraction of sp³-hybridized carbons (Fsp3) is 0.571. The zero-order chi connectivity index (χ0) is 12.2. The maximum absolute atomic E-state index is 9.82. The third kappa shape index (κ3) is 3.62. The molecule has 0 fully saturated rings. The monoisotopic (exact) mass is 222 g/mol. The average molecular weight is 222 g/mol. The first-order valence-electron chi connectivity index (χ1n) is 5.81. The first-order valence-corrected chi connectivity index (χ1v) is 5.81. The summed E-state index contributed by atoms with van der Waals surface area (Å²) in [6, 6.07) is 8.10. The van der Waals surface area contributed by atoms with Crippen LogP contribution in [-0.4, -0.2) is 18.3 Å². The summed E-state index contributed by atoms with van der Waals surface area (Å²) in [4.78, 5) is 0.